The van der Waals surface area contributed by atoms with Crippen LogP contribution >= 0.6 is 0 Å². The minimum Gasteiger partial charge on any atom is -0.508 e. The number of carbonyl (C=O) groups excluding carboxylic acids is 2. The quantitative estimate of drug-likeness (QED) is 0.326. The summed E-state index contributed by atoms with van der Waals surface area (Å²) in [5.74, 6) is 0.142. The van der Waals surface area contributed by atoms with Crippen LogP contribution in [0.4, 0.5) is 0 Å². The number of phenols is 1. The van der Waals surface area contributed by atoms with Crippen LogP contribution in [0.5, 0.6) is 5.75 Å². The number of phenolic OH excluding ortho intramolecular Hbond substituents is 1. The highest BCUT2D eigenvalue weighted by molar-refractivity contribution is 5.94. The number of hydrogen-bond donors (Lipinski definition) is 1. The fourth-order valence-corrected chi connectivity index (χ4v) is 6.15. The van der Waals surface area contributed by atoms with Gasteiger partial charge >= 0.3 is 5.97 Å². The zero-order valence-electron chi connectivity index (χ0n) is 24.9. The van der Waals surface area contributed by atoms with Crippen molar-refractivity contribution in [1.82, 2.24) is 19.6 Å². The van der Waals surface area contributed by atoms with Gasteiger partial charge in [0.15, 0.2) is 0 Å². The number of carbonyl (C=O) groups is 2. The molecule has 2 aliphatic heterocycles. The Bertz CT molecular complexity index is 1180. The van der Waals surface area contributed by atoms with Gasteiger partial charge in [0, 0.05) is 69.9 Å². The molecular weight excluding hydrogens is 516 g/mol. The largest absolute Gasteiger partial charge is 0.508 e. The van der Waals surface area contributed by atoms with Crippen LogP contribution in [-0.2, 0) is 9.53 Å². The molecular formula is C33H46N4O4. The number of aromatic hydroxyl groups is 1. The summed E-state index contributed by atoms with van der Waals surface area (Å²) in [5, 5.41) is 10.4. The van der Waals surface area contributed by atoms with E-state index in [1.807, 2.05) is 48.2 Å². The molecule has 0 radical (unpaired) electrons. The number of hydrogen-bond acceptors (Lipinski definition) is 7. The van der Waals surface area contributed by atoms with Gasteiger partial charge in [0.2, 0.25) is 0 Å². The molecule has 1 unspecified atom stereocenters. The Morgan fingerprint density at radius 3 is 2.41 bits per heavy atom. The molecule has 3 atom stereocenters. The van der Waals surface area contributed by atoms with Crippen molar-refractivity contribution in [2.45, 2.75) is 51.7 Å². The Balaban J connectivity index is 1.48. The minimum atomic E-state index is -0.146. The zero-order valence-corrected chi connectivity index (χ0v) is 24.9. The third-order valence-electron chi connectivity index (χ3n) is 8.31. The third-order valence-corrected chi connectivity index (χ3v) is 8.31. The van der Waals surface area contributed by atoms with Gasteiger partial charge in [-0.3, -0.25) is 24.3 Å². The molecule has 2 aromatic rings. The number of nitrogens with zero attached hydrogens (tertiary/aromatic N) is 4. The Morgan fingerprint density at radius 2 is 1.73 bits per heavy atom. The molecule has 2 saturated heterocycles. The number of ether oxygens (including phenoxy) is 1. The van der Waals surface area contributed by atoms with Gasteiger partial charge in [-0.1, -0.05) is 30.3 Å². The van der Waals surface area contributed by atoms with Crippen molar-refractivity contribution < 1.29 is 19.4 Å². The first-order valence-electron chi connectivity index (χ1n) is 15.0. The average molecular weight is 563 g/mol. The van der Waals surface area contributed by atoms with Crippen molar-refractivity contribution in [3.8, 4) is 5.75 Å². The van der Waals surface area contributed by atoms with Gasteiger partial charge in [-0.15, -0.1) is 6.58 Å². The van der Waals surface area contributed by atoms with Crippen LogP contribution in [-0.4, -0.2) is 108 Å². The fraction of sp³-hybridized carbons (Fsp3) is 0.515. The van der Waals surface area contributed by atoms with E-state index >= 15 is 0 Å². The molecule has 0 saturated carbocycles. The maximum atomic E-state index is 13.6. The lowest BCUT2D eigenvalue weighted by atomic mass is 9.92. The van der Waals surface area contributed by atoms with Crippen molar-refractivity contribution in [3.63, 3.8) is 0 Å². The maximum Gasteiger partial charge on any atom is 0.305 e. The number of esters is 1. The molecule has 0 aliphatic carbocycles. The van der Waals surface area contributed by atoms with Crippen LogP contribution in [0.2, 0.25) is 0 Å². The van der Waals surface area contributed by atoms with Crippen molar-refractivity contribution in [2.24, 2.45) is 0 Å². The maximum absolute atomic E-state index is 13.6. The third kappa shape index (κ3) is 7.97. The summed E-state index contributed by atoms with van der Waals surface area (Å²) in [6.07, 6.45) is 3.16. The summed E-state index contributed by atoms with van der Waals surface area (Å²) in [4.78, 5) is 34.4. The Morgan fingerprint density at radius 1 is 1.02 bits per heavy atom. The van der Waals surface area contributed by atoms with Crippen LogP contribution < -0.4 is 0 Å². The Kier molecular flexibility index (Phi) is 11.0. The second kappa shape index (κ2) is 14.6. The molecule has 41 heavy (non-hydrogen) atoms. The second-order valence-electron chi connectivity index (χ2n) is 11.3. The van der Waals surface area contributed by atoms with Crippen molar-refractivity contribution >= 4 is 11.9 Å². The van der Waals surface area contributed by atoms with E-state index in [9.17, 15) is 14.7 Å². The van der Waals surface area contributed by atoms with E-state index in [0.29, 0.717) is 37.7 Å². The molecule has 1 amide bonds. The van der Waals surface area contributed by atoms with Gasteiger partial charge in [0.05, 0.1) is 12.6 Å². The molecule has 222 valence electrons. The monoisotopic (exact) mass is 562 g/mol. The van der Waals surface area contributed by atoms with Crippen LogP contribution in [0.25, 0.3) is 0 Å². The molecule has 2 heterocycles. The fourth-order valence-electron chi connectivity index (χ4n) is 6.15. The lowest BCUT2D eigenvalue weighted by Crippen LogP contribution is -2.57. The molecule has 1 N–H and O–H groups in total. The summed E-state index contributed by atoms with van der Waals surface area (Å²) in [7, 11) is 0. The molecule has 4 rings (SSSR count). The first kappa shape index (κ1) is 30.8. The van der Waals surface area contributed by atoms with Gasteiger partial charge in [-0.25, -0.2) is 0 Å². The summed E-state index contributed by atoms with van der Waals surface area (Å²) < 4.78 is 5.02. The van der Waals surface area contributed by atoms with Gasteiger partial charge in [0.1, 0.15) is 5.75 Å². The van der Waals surface area contributed by atoms with Crippen molar-refractivity contribution in [3.05, 3.63) is 77.9 Å². The number of rotatable bonds is 11. The molecule has 2 fully saturated rings. The molecule has 2 aromatic carbocycles. The zero-order chi connectivity index (χ0) is 29.4. The van der Waals surface area contributed by atoms with Crippen LogP contribution in [0.3, 0.4) is 0 Å². The molecule has 2 aliphatic rings. The molecule has 0 aromatic heterocycles. The van der Waals surface area contributed by atoms with Gasteiger partial charge < -0.3 is 14.7 Å². The van der Waals surface area contributed by atoms with E-state index in [1.54, 1.807) is 6.07 Å². The Labute approximate surface area is 245 Å². The summed E-state index contributed by atoms with van der Waals surface area (Å²) in [6.45, 7) is 17.1. The van der Waals surface area contributed by atoms with E-state index in [1.165, 1.54) is 0 Å². The highest BCUT2D eigenvalue weighted by Crippen LogP contribution is 2.35. The second-order valence-corrected chi connectivity index (χ2v) is 11.3. The predicted octanol–water partition coefficient (Wildman–Crippen LogP) is 4.16. The van der Waals surface area contributed by atoms with Crippen molar-refractivity contribution in [1.29, 1.82) is 0 Å². The van der Waals surface area contributed by atoms with Gasteiger partial charge in [-0.05, 0) is 69.1 Å². The average Bonchev–Trinajstić information content (AvgIpc) is 2.96. The van der Waals surface area contributed by atoms with Crippen LogP contribution in [0, 0.1) is 0 Å². The van der Waals surface area contributed by atoms with E-state index in [2.05, 4.69) is 47.3 Å². The molecule has 8 heteroatoms. The van der Waals surface area contributed by atoms with Gasteiger partial charge in [0.25, 0.3) is 5.91 Å². The van der Waals surface area contributed by atoms with E-state index in [-0.39, 0.29) is 29.7 Å². The smallest absolute Gasteiger partial charge is 0.305 e. The number of piperazine rings is 2. The normalized spacial score (nSPS) is 21.4. The standard InChI is InChI=1S/C33H46N4O4/c1-5-15-36-23-26(4)37(24-25(36)3)32(28-11-8-13-30(38)22-28)27-10-7-12-29(21-27)33(40)35-19-17-34(18-20-35)16-9-14-31(39)41-6-2/h5,7-8,10-13,21-22,25-26,32,38H,1,6,9,14-20,23-24H2,2-4H3/t25-,26+,32?/m1/s1. The van der Waals surface area contributed by atoms with E-state index < -0.39 is 0 Å². The lowest BCUT2D eigenvalue weighted by Gasteiger charge is -2.47. The first-order valence-corrected chi connectivity index (χ1v) is 15.0. The lowest BCUT2D eigenvalue weighted by molar-refractivity contribution is -0.143. The van der Waals surface area contributed by atoms with E-state index in [4.69, 9.17) is 4.74 Å². The highest BCUT2D eigenvalue weighted by atomic mass is 16.5. The topological polar surface area (TPSA) is 76.6 Å². The highest BCUT2D eigenvalue weighted by Gasteiger charge is 2.35. The summed E-state index contributed by atoms with van der Waals surface area (Å²) >= 11 is 0. The first-order chi connectivity index (χ1) is 19.8. The van der Waals surface area contributed by atoms with Crippen molar-refractivity contribution in [2.75, 3.05) is 59.0 Å². The number of amides is 1. The SMILES string of the molecule is C=CCN1C[C@H](C)N(C(c2cccc(O)c2)c2cccc(C(=O)N3CCN(CCCC(=O)OCC)CC3)c2)C[C@H]1C. The van der Waals surface area contributed by atoms with Gasteiger partial charge in [-0.2, -0.15) is 0 Å². The molecule has 8 nitrogen and oxygen atoms in total. The number of benzene rings is 2. The van der Waals surface area contributed by atoms with Crippen LogP contribution in [0.1, 0.15) is 61.1 Å². The predicted molar refractivity (Wildman–Crippen MR) is 162 cm³/mol. The summed E-state index contributed by atoms with van der Waals surface area (Å²) in [6, 6.07) is 16.0. The molecule has 0 spiro atoms. The van der Waals surface area contributed by atoms with E-state index in [0.717, 1.165) is 56.8 Å². The van der Waals surface area contributed by atoms with Crippen LogP contribution in [0.15, 0.2) is 61.2 Å². The Hall–Kier alpha value is -3.20. The summed E-state index contributed by atoms with van der Waals surface area (Å²) in [5.41, 5.74) is 2.76. The molecule has 0 bridgehead atoms. The minimum absolute atomic E-state index is 0.0462.